The van der Waals surface area contributed by atoms with Gasteiger partial charge in [-0.3, -0.25) is 0 Å². The van der Waals surface area contributed by atoms with Gasteiger partial charge in [-0.25, -0.2) is 4.79 Å². The van der Waals surface area contributed by atoms with E-state index in [0.717, 1.165) is 17.4 Å². The van der Waals surface area contributed by atoms with E-state index in [4.69, 9.17) is 5.11 Å². The van der Waals surface area contributed by atoms with Crippen LogP contribution in [0, 0.1) is 0 Å². The maximum Gasteiger partial charge on any atom is 0.335 e. The summed E-state index contributed by atoms with van der Waals surface area (Å²) in [5, 5.41) is 12.3. The molecule has 16 heavy (non-hydrogen) atoms. The fourth-order valence-electron chi connectivity index (χ4n) is 2.04. The second-order valence-corrected chi connectivity index (χ2v) is 4.96. The predicted octanol–water partition coefficient (Wildman–Crippen LogP) is 2.44. The smallest absolute Gasteiger partial charge is 0.335 e. The van der Waals surface area contributed by atoms with Crippen molar-refractivity contribution in [1.29, 1.82) is 0 Å². The Kier molecular flexibility index (Phi) is 3.61. The molecule has 0 bridgehead atoms. The maximum absolute atomic E-state index is 10.8. The molecule has 3 nitrogen and oxygen atoms in total. The third-order valence-corrected chi connectivity index (χ3v) is 3.67. The third kappa shape index (κ3) is 2.62. The van der Waals surface area contributed by atoms with E-state index in [1.807, 2.05) is 6.07 Å². The molecular formula is C12H14BrNO2. The summed E-state index contributed by atoms with van der Waals surface area (Å²) < 4.78 is 0.890. The molecule has 1 heterocycles. The van der Waals surface area contributed by atoms with Gasteiger partial charge in [0.1, 0.15) is 0 Å². The minimum atomic E-state index is -0.883. The summed E-state index contributed by atoms with van der Waals surface area (Å²) in [5.41, 5.74) is 1.50. The zero-order valence-corrected chi connectivity index (χ0v) is 10.5. The lowest BCUT2D eigenvalue weighted by Gasteiger charge is -2.11. The molecule has 0 amide bonds. The lowest BCUT2D eigenvalue weighted by atomic mass is 10.0. The van der Waals surface area contributed by atoms with Crippen LogP contribution in [-0.2, 0) is 6.42 Å². The summed E-state index contributed by atoms with van der Waals surface area (Å²) in [4.78, 5) is 10.8. The maximum atomic E-state index is 10.8. The fraction of sp³-hybridized carbons (Fsp3) is 0.417. The Hall–Kier alpha value is -0.870. The molecular weight excluding hydrogens is 270 g/mol. The molecule has 0 aliphatic carbocycles. The summed E-state index contributed by atoms with van der Waals surface area (Å²) in [6.07, 6.45) is 3.39. The van der Waals surface area contributed by atoms with Gasteiger partial charge in [0.15, 0.2) is 0 Å². The van der Waals surface area contributed by atoms with Gasteiger partial charge in [0.25, 0.3) is 0 Å². The molecule has 2 rings (SSSR count). The SMILES string of the molecule is O=C(O)c1ccc(CC2CCCN2)c(Br)c1. The van der Waals surface area contributed by atoms with E-state index in [0.29, 0.717) is 11.6 Å². The van der Waals surface area contributed by atoms with E-state index < -0.39 is 5.97 Å². The number of carbonyl (C=O) groups is 1. The van der Waals surface area contributed by atoms with Crippen LogP contribution in [0.25, 0.3) is 0 Å². The van der Waals surface area contributed by atoms with Crippen LogP contribution in [0.3, 0.4) is 0 Å². The highest BCUT2D eigenvalue weighted by Gasteiger charge is 2.16. The molecule has 4 heteroatoms. The normalized spacial score (nSPS) is 19.9. The minimum absolute atomic E-state index is 0.329. The first-order valence-corrected chi connectivity index (χ1v) is 6.21. The van der Waals surface area contributed by atoms with E-state index in [-0.39, 0.29) is 0 Å². The molecule has 1 aliphatic rings. The van der Waals surface area contributed by atoms with E-state index in [1.54, 1.807) is 12.1 Å². The standard InChI is InChI=1S/C12H14BrNO2/c13-11-7-9(12(15)16)4-3-8(11)6-10-2-1-5-14-10/h3-4,7,10,14H,1-2,5-6H2,(H,15,16). The monoisotopic (exact) mass is 283 g/mol. The predicted molar refractivity (Wildman–Crippen MR) is 65.8 cm³/mol. The fourth-order valence-corrected chi connectivity index (χ4v) is 2.58. The average Bonchev–Trinajstić information content (AvgIpc) is 2.73. The molecule has 1 aromatic carbocycles. The van der Waals surface area contributed by atoms with Gasteiger partial charge < -0.3 is 10.4 Å². The number of halogens is 1. The second kappa shape index (κ2) is 4.97. The van der Waals surface area contributed by atoms with Crippen molar-refractivity contribution in [3.8, 4) is 0 Å². The molecule has 0 aromatic heterocycles. The zero-order valence-electron chi connectivity index (χ0n) is 8.87. The Labute approximate surface area is 103 Å². The van der Waals surface area contributed by atoms with Crippen molar-refractivity contribution in [2.24, 2.45) is 0 Å². The second-order valence-electron chi connectivity index (χ2n) is 4.11. The van der Waals surface area contributed by atoms with Crippen molar-refractivity contribution in [2.75, 3.05) is 6.54 Å². The largest absolute Gasteiger partial charge is 0.478 e. The molecule has 1 saturated heterocycles. The lowest BCUT2D eigenvalue weighted by Crippen LogP contribution is -2.23. The molecule has 1 atom stereocenters. The van der Waals surface area contributed by atoms with Gasteiger partial charge in [-0.15, -0.1) is 0 Å². The first kappa shape index (κ1) is 11.6. The van der Waals surface area contributed by atoms with Gasteiger partial charge in [-0.2, -0.15) is 0 Å². The van der Waals surface area contributed by atoms with Gasteiger partial charge in [0.05, 0.1) is 5.56 Å². The van der Waals surface area contributed by atoms with Crippen molar-refractivity contribution < 1.29 is 9.90 Å². The highest BCUT2D eigenvalue weighted by atomic mass is 79.9. The number of carboxylic acid groups (broad SMARTS) is 1. The van der Waals surface area contributed by atoms with E-state index in [1.165, 1.54) is 18.4 Å². The molecule has 1 unspecified atom stereocenters. The number of rotatable bonds is 3. The van der Waals surface area contributed by atoms with Gasteiger partial charge in [-0.05, 0) is 43.5 Å². The summed E-state index contributed by atoms with van der Waals surface area (Å²) in [5.74, 6) is -0.883. The van der Waals surface area contributed by atoms with E-state index in [2.05, 4.69) is 21.2 Å². The Bertz CT molecular complexity index is 400. The first-order chi connectivity index (χ1) is 7.66. The van der Waals surface area contributed by atoms with Crippen LogP contribution < -0.4 is 5.32 Å². The molecule has 0 saturated carbocycles. The van der Waals surface area contributed by atoms with Crippen molar-refractivity contribution in [2.45, 2.75) is 25.3 Å². The van der Waals surface area contributed by atoms with E-state index in [9.17, 15) is 4.79 Å². The average molecular weight is 284 g/mol. The van der Waals surface area contributed by atoms with Crippen LogP contribution in [0.15, 0.2) is 22.7 Å². The number of benzene rings is 1. The molecule has 1 fully saturated rings. The van der Waals surface area contributed by atoms with Crippen molar-refractivity contribution in [3.05, 3.63) is 33.8 Å². The highest BCUT2D eigenvalue weighted by Crippen LogP contribution is 2.22. The van der Waals surface area contributed by atoms with Crippen LogP contribution in [0.4, 0.5) is 0 Å². The molecule has 1 aliphatic heterocycles. The lowest BCUT2D eigenvalue weighted by molar-refractivity contribution is 0.0697. The molecule has 0 radical (unpaired) electrons. The number of aromatic carboxylic acids is 1. The summed E-state index contributed by atoms with van der Waals surface area (Å²) >= 11 is 3.43. The Morgan fingerprint density at radius 2 is 2.38 bits per heavy atom. The molecule has 0 spiro atoms. The van der Waals surface area contributed by atoms with Gasteiger partial charge in [-0.1, -0.05) is 22.0 Å². The minimum Gasteiger partial charge on any atom is -0.478 e. The van der Waals surface area contributed by atoms with Crippen LogP contribution in [0.1, 0.15) is 28.8 Å². The number of nitrogens with one attached hydrogen (secondary N) is 1. The van der Waals surface area contributed by atoms with Gasteiger partial charge in [0, 0.05) is 10.5 Å². The number of carboxylic acids is 1. The van der Waals surface area contributed by atoms with Crippen LogP contribution >= 0.6 is 15.9 Å². The van der Waals surface area contributed by atoms with Crippen LogP contribution in [0.2, 0.25) is 0 Å². The quantitative estimate of drug-likeness (QED) is 0.896. The van der Waals surface area contributed by atoms with Gasteiger partial charge >= 0.3 is 5.97 Å². The van der Waals surface area contributed by atoms with E-state index >= 15 is 0 Å². The Morgan fingerprint density at radius 1 is 1.56 bits per heavy atom. The van der Waals surface area contributed by atoms with Crippen molar-refractivity contribution >= 4 is 21.9 Å². The van der Waals surface area contributed by atoms with Crippen LogP contribution in [-0.4, -0.2) is 23.7 Å². The Balaban J connectivity index is 2.12. The Morgan fingerprint density at radius 3 is 2.94 bits per heavy atom. The van der Waals surface area contributed by atoms with Crippen molar-refractivity contribution in [3.63, 3.8) is 0 Å². The first-order valence-electron chi connectivity index (χ1n) is 5.42. The summed E-state index contributed by atoms with van der Waals surface area (Å²) in [7, 11) is 0. The molecule has 1 aromatic rings. The number of hydrogen-bond acceptors (Lipinski definition) is 2. The summed E-state index contributed by atoms with van der Waals surface area (Å²) in [6, 6.07) is 5.77. The van der Waals surface area contributed by atoms with Crippen molar-refractivity contribution in [1.82, 2.24) is 5.32 Å². The summed E-state index contributed by atoms with van der Waals surface area (Å²) in [6.45, 7) is 1.09. The van der Waals surface area contributed by atoms with Gasteiger partial charge in [0.2, 0.25) is 0 Å². The number of hydrogen-bond donors (Lipinski definition) is 2. The topological polar surface area (TPSA) is 49.3 Å². The zero-order chi connectivity index (χ0) is 11.5. The third-order valence-electron chi connectivity index (χ3n) is 2.93. The van der Waals surface area contributed by atoms with Crippen LogP contribution in [0.5, 0.6) is 0 Å². The molecule has 2 N–H and O–H groups in total. The highest BCUT2D eigenvalue weighted by molar-refractivity contribution is 9.10. The molecule has 86 valence electrons.